The highest BCUT2D eigenvalue weighted by Crippen LogP contribution is 2.30. The maximum absolute atomic E-state index is 12.5. The number of nitrogens with one attached hydrogen (secondary N) is 2. The Morgan fingerprint density at radius 3 is 2.29 bits per heavy atom. The van der Waals surface area contributed by atoms with Crippen molar-refractivity contribution in [1.82, 2.24) is 10.3 Å². The lowest BCUT2D eigenvalue weighted by Crippen LogP contribution is -2.35. The lowest BCUT2D eigenvalue weighted by molar-refractivity contribution is -0.128. The second-order valence-electron chi connectivity index (χ2n) is 7.03. The summed E-state index contributed by atoms with van der Waals surface area (Å²) in [5, 5.41) is 5.92. The van der Waals surface area contributed by atoms with E-state index >= 15 is 0 Å². The van der Waals surface area contributed by atoms with E-state index in [1.54, 1.807) is 6.20 Å². The molecule has 1 aliphatic carbocycles. The number of amides is 2. The van der Waals surface area contributed by atoms with Crippen molar-refractivity contribution in [3.05, 3.63) is 54.4 Å². The smallest absolute Gasteiger partial charge is 0.227 e. The SMILES string of the molecule is CCOc1ccc(NC(=O)C2CCC(C(=O)NCc3ccccn3)CC2)cc1. The summed E-state index contributed by atoms with van der Waals surface area (Å²) in [6.45, 7) is 2.99. The molecular weight excluding hydrogens is 354 g/mol. The molecule has 148 valence electrons. The number of carbonyl (C=O) groups excluding carboxylic acids is 2. The molecule has 1 aromatic carbocycles. The van der Waals surface area contributed by atoms with Crippen molar-refractivity contribution in [2.75, 3.05) is 11.9 Å². The van der Waals surface area contributed by atoms with Gasteiger partial charge in [0, 0.05) is 23.7 Å². The number of hydrogen-bond donors (Lipinski definition) is 2. The van der Waals surface area contributed by atoms with Gasteiger partial charge in [-0.25, -0.2) is 0 Å². The standard InChI is InChI=1S/C22H27N3O3/c1-2-28-20-12-10-18(11-13-20)25-22(27)17-8-6-16(7-9-17)21(26)24-15-19-5-3-4-14-23-19/h3-5,10-14,16-17H,2,6-9,15H2,1H3,(H,24,26)(H,25,27). The molecule has 1 aliphatic rings. The molecule has 2 aromatic rings. The van der Waals surface area contributed by atoms with E-state index in [4.69, 9.17) is 4.74 Å². The number of hydrogen-bond acceptors (Lipinski definition) is 4. The second-order valence-corrected chi connectivity index (χ2v) is 7.03. The van der Waals surface area contributed by atoms with E-state index in [-0.39, 0.29) is 23.7 Å². The third-order valence-electron chi connectivity index (χ3n) is 5.07. The van der Waals surface area contributed by atoms with Gasteiger partial charge in [-0.15, -0.1) is 0 Å². The van der Waals surface area contributed by atoms with Crippen LogP contribution in [-0.2, 0) is 16.1 Å². The first-order valence-electron chi connectivity index (χ1n) is 9.87. The van der Waals surface area contributed by atoms with Crippen LogP contribution in [0.15, 0.2) is 48.7 Å². The fraction of sp³-hybridized carbons (Fsp3) is 0.409. The Hall–Kier alpha value is -2.89. The molecule has 0 saturated heterocycles. The first-order valence-corrected chi connectivity index (χ1v) is 9.87. The minimum absolute atomic E-state index is 0.0245. The maximum atomic E-state index is 12.5. The van der Waals surface area contributed by atoms with Gasteiger partial charge < -0.3 is 15.4 Å². The topological polar surface area (TPSA) is 80.3 Å². The average molecular weight is 381 g/mol. The Bertz CT molecular complexity index is 769. The molecule has 2 N–H and O–H groups in total. The van der Waals surface area contributed by atoms with E-state index in [0.29, 0.717) is 13.2 Å². The Balaban J connectivity index is 1.42. The van der Waals surface area contributed by atoms with Gasteiger partial charge in [-0.3, -0.25) is 14.6 Å². The van der Waals surface area contributed by atoms with Gasteiger partial charge in [0.2, 0.25) is 11.8 Å². The van der Waals surface area contributed by atoms with Crippen LogP contribution in [0, 0.1) is 11.8 Å². The van der Waals surface area contributed by atoms with Crippen molar-refractivity contribution >= 4 is 17.5 Å². The van der Waals surface area contributed by atoms with Gasteiger partial charge in [-0.1, -0.05) is 6.07 Å². The molecule has 1 fully saturated rings. The lowest BCUT2D eigenvalue weighted by Gasteiger charge is -2.27. The monoisotopic (exact) mass is 381 g/mol. The fourth-order valence-corrected chi connectivity index (χ4v) is 3.49. The quantitative estimate of drug-likeness (QED) is 0.769. The summed E-state index contributed by atoms with van der Waals surface area (Å²) < 4.78 is 5.41. The number of ether oxygens (including phenoxy) is 1. The maximum Gasteiger partial charge on any atom is 0.227 e. The van der Waals surface area contributed by atoms with Gasteiger partial charge in [-0.2, -0.15) is 0 Å². The lowest BCUT2D eigenvalue weighted by atomic mass is 9.81. The molecule has 1 saturated carbocycles. The number of rotatable bonds is 7. The van der Waals surface area contributed by atoms with Crippen molar-refractivity contribution in [3.8, 4) is 5.75 Å². The molecule has 0 aliphatic heterocycles. The molecule has 0 spiro atoms. The van der Waals surface area contributed by atoms with E-state index in [2.05, 4.69) is 15.6 Å². The van der Waals surface area contributed by atoms with Gasteiger partial charge in [0.25, 0.3) is 0 Å². The van der Waals surface area contributed by atoms with Crippen LogP contribution < -0.4 is 15.4 Å². The summed E-state index contributed by atoms with van der Waals surface area (Å²) in [5.41, 5.74) is 1.61. The van der Waals surface area contributed by atoms with Crippen molar-refractivity contribution in [1.29, 1.82) is 0 Å². The summed E-state index contributed by atoms with van der Waals surface area (Å²) in [6.07, 6.45) is 4.63. The molecule has 0 bridgehead atoms. The molecule has 28 heavy (non-hydrogen) atoms. The minimum atomic E-state index is -0.0496. The Morgan fingerprint density at radius 2 is 1.68 bits per heavy atom. The van der Waals surface area contributed by atoms with Crippen molar-refractivity contribution in [2.45, 2.75) is 39.2 Å². The van der Waals surface area contributed by atoms with Crippen molar-refractivity contribution in [2.24, 2.45) is 11.8 Å². The summed E-state index contributed by atoms with van der Waals surface area (Å²) in [6, 6.07) is 13.0. The number of anilines is 1. The van der Waals surface area contributed by atoms with Crippen LogP contribution >= 0.6 is 0 Å². The van der Waals surface area contributed by atoms with Crippen molar-refractivity contribution in [3.63, 3.8) is 0 Å². The number of carbonyl (C=O) groups is 2. The van der Waals surface area contributed by atoms with Crippen LogP contribution in [0.25, 0.3) is 0 Å². The van der Waals surface area contributed by atoms with Crippen LogP contribution in [-0.4, -0.2) is 23.4 Å². The van der Waals surface area contributed by atoms with E-state index < -0.39 is 0 Å². The number of nitrogens with zero attached hydrogens (tertiary/aromatic N) is 1. The zero-order valence-corrected chi connectivity index (χ0v) is 16.2. The Kier molecular flexibility index (Phi) is 7.00. The second kappa shape index (κ2) is 9.88. The Labute approximate surface area is 165 Å². The summed E-state index contributed by atoms with van der Waals surface area (Å²) >= 11 is 0. The van der Waals surface area contributed by atoms with Crippen LogP contribution in [0.2, 0.25) is 0 Å². The largest absolute Gasteiger partial charge is 0.494 e. The molecule has 0 unspecified atom stereocenters. The third kappa shape index (κ3) is 5.55. The van der Waals surface area contributed by atoms with Gasteiger partial charge in [0.05, 0.1) is 18.8 Å². The predicted octanol–water partition coefficient (Wildman–Crippen LogP) is 3.54. The molecule has 6 nitrogen and oxygen atoms in total. The zero-order chi connectivity index (χ0) is 19.8. The van der Waals surface area contributed by atoms with Gasteiger partial charge in [0.15, 0.2) is 0 Å². The predicted molar refractivity (Wildman–Crippen MR) is 108 cm³/mol. The summed E-state index contributed by atoms with van der Waals surface area (Å²) in [4.78, 5) is 29.1. The first kappa shape index (κ1) is 19.9. The van der Waals surface area contributed by atoms with E-state index in [1.807, 2.05) is 49.4 Å². The summed E-state index contributed by atoms with van der Waals surface area (Å²) in [5.74, 6) is 0.787. The molecule has 1 aromatic heterocycles. The highest BCUT2D eigenvalue weighted by atomic mass is 16.5. The minimum Gasteiger partial charge on any atom is -0.494 e. The molecule has 3 rings (SSSR count). The molecule has 1 heterocycles. The third-order valence-corrected chi connectivity index (χ3v) is 5.07. The van der Waals surface area contributed by atoms with Crippen LogP contribution in [0.3, 0.4) is 0 Å². The molecule has 2 amide bonds. The highest BCUT2D eigenvalue weighted by molar-refractivity contribution is 5.92. The van der Waals surface area contributed by atoms with Crippen LogP contribution in [0.4, 0.5) is 5.69 Å². The van der Waals surface area contributed by atoms with Crippen LogP contribution in [0.1, 0.15) is 38.3 Å². The molecule has 6 heteroatoms. The van der Waals surface area contributed by atoms with E-state index in [1.165, 1.54) is 0 Å². The van der Waals surface area contributed by atoms with E-state index in [9.17, 15) is 9.59 Å². The fourth-order valence-electron chi connectivity index (χ4n) is 3.49. The zero-order valence-electron chi connectivity index (χ0n) is 16.2. The van der Waals surface area contributed by atoms with E-state index in [0.717, 1.165) is 42.8 Å². The van der Waals surface area contributed by atoms with Gasteiger partial charge in [0.1, 0.15) is 5.75 Å². The molecular formula is C22H27N3O3. The summed E-state index contributed by atoms with van der Waals surface area (Å²) in [7, 11) is 0. The molecule has 0 radical (unpaired) electrons. The van der Waals surface area contributed by atoms with Crippen molar-refractivity contribution < 1.29 is 14.3 Å². The first-order chi connectivity index (χ1) is 13.7. The van der Waals surface area contributed by atoms with Gasteiger partial charge >= 0.3 is 0 Å². The van der Waals surface area contributed by atoms with Gasteiger partial charge in [-0.05, 0) is 69.0 Å². The highest BCUT2D eigenvalue weighted by Gasteiger charge is 2.29. The molecule has 0 atom stereocenters. The Morgan fingerprint density at radius 1 is 1.00 bits per heavy atom. The normalized spacial score (nSPS) is 18.9. The number of aromatic nitrogens is 1. The average Bonchev–Trinajstić information content (AvgIpc) is 2.74. The van der Waals surface area contributed by atoms with Crippen LogP contribution in [0.5, 0.6) is 5.75 Å². The number of pyridine rings is 1. The number of benzene rings is 1.